The highest BCUT2D eigenvalue weighted by Crippen LogP contribution is 2.24. The van der Waals surface area contributed by atoms with Crippen molar-refractivity contribution in [2.45, 2.75) is 33.4 Å². The molecule has 0 atom stereocenters. The first-order valence-corrected chi connectivity index (χ1v) is 7.78. The molecule has 1 N–H and O–H groups in total. The van der Waals surface area contributed by atoms with Crippen LogP contribution in [0.5, 0.6) is 5.75 Å². The third-order valence-corrected chi connectivity index (χ3v) is 4.18. The summed E-state index contributed by atoms with van der Waals surface area (Å²) >= 11 is 1.73. The highest BCUT2D eigenvalue weighted by Gasteiger charge is 2.08. The molecular weight excluding hydrogens is 292 g/mol. The van der Waals surface area contributed by atoms with Crippen LogP contribution in [-0.2, 0) is 13.2 Å². The summed E-state index contributed by atoms with van der Waals surface area (Å²) in [5.74, 6) is -1.41. The van der Waals surface area contributed by atoms with E-state index in [0.717, 1.165) is 37.2 Å². The molecule has 2 rings (SSSR count). The quantitative estimate of drug-likeness (QED) is 0.765. The van der Waals surface area contributed by atoms with E-state index in [-0.39, 0.29) is 0 Å². The van der Waals surface area contributed by atoms with Gasteiger partial charge in [-0.3, -0.25) is 0 Å². The van der Waals surface area contributed by atoms with E-state index in [4.69, 9.17) is 4.74 Å². The molecule has 0 saturated carbocycles. The highest BCUT2D eigenvalue weighted by atomic mass is 32.1. The van der Waals surface area contributed by atoms with Crippen molar-refractivity contribution in [1.29, 1.82) is 0 Å². The SMILES string of the molecule is CCCNCc1cc(COc2ccc(F)c(F)c2)c(C)s1. The van der Waals surface area contributed by atoms with Crippen LogP contribution >= 0.6 is 11.3 Å². The Morgan fingerprint density at radius 2 is 2.00 bits per heavy atom. The fourth-order valence-corrected chi connectivity index (χ4v) is 2.95. The molecule has 21 heavy (non-hydrogen) atoms. The number of ether oxygens (including phenoxy) is 1. The van der Waals surface area contributed by atoms with Gasteiger partial charge in [0.05, 0.1) is 0 Å². The Balaban J connectivity index is 1.94. The van der Waals surface area contributed by atoms with Crippen LogP contribution in [0.1, 0.15) is 28.7 Å². The number of thiophene rings is 1. The maximum absolute atomic E-state index is 13.1. The highest BCUT2D eigenvalue weighted by molar-refractivity contribution is 7.12. The van der Waals surface area contributed by atoms with Gasteiger partial charge >= 0.3 is 0 Å². The minimum Gasteiger partial charge on any atom is -0.489 e. The van der Waals surface area contributed by atoms with Gasteiger partial charge in [-0.15, -0.1) is 11.3 Å². The number of halogens is 2. The second-order valence-corrected chi connectivity index (χ2v) is 6.18. The first kappa shape index (κ1) is 15.9. The molecule has 0 fully saturated rings. The van der Waals surface area contributed by atoms with E-state index in [1.807, 2.05) is 6.92 Å². The molecule has 2 aromatic rings. The Morgan fingerprint density at radius 1 is 1.19 bits per heavy atom. The van der Waals surface area contributed by atoms with Gasteiger partial charge < -0.3 is 10.1 Å². The molecule has 1 aromatic heterocycles. The van der Waals surface area contributed by atoms with Gasteiger partial charge in [-0.25, -0.2) is 8.78 Å². The van der Waals surface area contributed by atoms with Crippen LogP contribution < -0.4 is 10.1 Å². The average molecular weight is 311 g/mol. The number of aryl methyl sites for hydroxylation is 1. The lowest BCUT2D eigenvalue weighted by atomic mass is 10.2. The van der Waals surface area contributed by atoms with Gasteiger partial charge in [0.15, 0.2) is 11.6 Å². The number of hydrogen-bond acceptors (Lipinski definition) is 3. The van der Waals surface area contributed by atoms with Crippen molar-refractivity contribution in [1.82, 2.24) is 5.32 Å². The molecule has 2 nitrogen and oxygen atoms in total. The third-order valence-electron chi connectivity index (χ3n) is 3.08. The van der Waals surface area contributed by atoms with Crippen molar-refractivity contribution < 1.29 is 13.5 Å². The standard InChI is InChI=1S/C16H19F2NOS/c1-3-6-19-9-14-7-12(11(2)21-14)10-20-13-4-5-15(17)16(18)8-13/h4-5,7-8,19H,3,6,9-10H2,1-2H3. The second-order valence-electron chi connectivity index (χ2n) is 4.84. The Hall–Kier alpha value is -1.46. The largest absolute Gasteiger partial charge is 0.489 e. The van der Waals surface area contributed by atoms with Crippen LogP contribution in [0.4, 0.5) is 8.78 Å². The molecule has 0 radical (unpaired) electrons. The smallest absolute Gasteiger partial charge is 0.162 e. The number of rotatable bonds is 7. The molecule has 0 unspecified atom stereocenters. The molecule has 5 heteroatoms. The molecule has 0 amide bonds. The summed E-state index contributed by atoms with van der Waals surface area (Å²) < 4.78 is 31.5. The van der Waals surface area contributed by atoms with Crippen molar-refractivity contribution in [3.8, 4) is 5.75 Å². The molecule has 0 aliphatic carbocycles. The zero-order chi connectivity index (χ0) is 15.2. The minimum absolute atomic E-state index is 0.338. The third kappa shape index (κ3) is 4.51. The lowest BCUT2D eigenvalue weighted by Gasteiger charge is -2.06. The molecule has 0 spiro atoms. The van der Waals surface area contributed by atoms with Gasteiger partial charge in [0.1, 0.15) is 12.4 Å². The van der Waals surface area contributed by atoms with E-state index < -0.39 is 11.6 Å². The molecule has 0 saturated heterocycles. The van der Waals surface area contributed by atoms with Gasteiger partial charge in [0.25, 0.3) is 0 Å². The molecule has 114 valence electrons. The summed E-state index contributed by atoms with van der Waals surface area (Å²) in [4.78, 5) is 2.44. The molecule has 0 bridgehead atoms. The Morgan fingerprint density at radius 3 is 2.71 bits per heavy atom. The van der Waals surface area contributed by atoms with E-state index in [2.05, 4.69) is 18.3 Å². The topological polar surface area (TPSA) is 21.3 Å². The van der Waals surface area contributed by atoms with Crippen molar-refractivity contribution in [3.63, 3.8) is 0 Å². The average Bonchev–Trinajstić information content (AvgIpc) is 2.81. The minimum atomic E-state index is -0.890. The fourth-order valence-electron chi connectivity index (χ4n) is 1.93. The van der Waals surface area contributed by atoms with Gasteiger partial charge in [0.2, 0.25) is 0 Å². The van der Waals surface area contributed by atoms with E-state index in [9.17, 15) is 8.78 Å². The lowest BCUT2D eigenvalue weighted by molar-refractivity contribution is 0.303. The molecular formula is C16H19F2NOS. The Bertz CT molecular complexity index is 598. The summed E-state index contributed by atoms with van der Waals surface area (Å²) in [5, 5.41) is 3.36. The first-order chi connectivity index (χ1) is 10.1. The summed E-state index contributed by atoms with van der Waals surface area (Å²) in [6, 6.07) is 5.68. The molecule has 0 aliphatic rings. The maximum atomic E-state index is 13.1. The number of hydrogen-bond donors (Lipinski definition) is 1. The van der Waals surface area contributed by atoms with E-state index in [1.165, 1.54) is 15.8 Å². The van der Waals surface area contributed by atoms with E-state index in [0.29, 0.717) is 12.4 Å². The normalized spacial score (nSPS) is 10.9. The van der Waals surface area contributed by atoms with Gasteiger partial charge in [-0.1, -0.05) is 6.92 Å². The fraction of sp³-hybridized carbons (Fsp3) is 0.375. The summed E-state index contributed by atoms with van der Waals surface area (Å²) in [6.45, 7) is 6.38. The lowest BCUT2D eigenvalue weighted by Crippen LogP contribution is -2.12. The summed E-state index contributed by atoms with van der Waals surface area (Å²) in [6.07, 6.45) is 1.11. The van der Waals surface area contributed by atoms with E-state index >= 15 is 0 Å². The van der Waals surface area contributed by atoms with Crippen molar-refractivity contribution in [2.24, 2.45) is 0 Å². The second kappa shape index (κ2) is 7.52. The van der Waals surface area contributed by atoms with Crippen molar-refractivity contribution >= 4 is 11.3 Å². The van der Waals surface area contributed by atoms with E-state index in [1.54, 1.807) is 11.3 Å². The molecule has 1 aromatic carbocycles. The van der Waals surface area contributed by atoms with Gasteiger partial charge in [-0.2, -0.15) is 0 Å². The van der Waals surface area contributed by atoms with Crippen molar-refractivity contribution in [2.75, 3.05) is 6.54 Å². The predicted octanol–water partition coefficient (Wildman–Crippen LogP) is 4.41. The summed E-state index contributed by atoms with van der Waals surface area (Å²) in [5.41, 5.74) is 1.08. The predicted molar refractivity (Wildman–Crippen MR) is 81.7 cm³/mol. The Labute approximate surface area is 127 Å². The van der Waals surface area contributed by atoms with Crippen LogP contribution in [0, 0.1) is 18.6 Å². The van der Waals surface area contributed by atoms with Crippen LogP contribution in [-0.4, -0.2) is 6.54 Å². The number of nitrogens with one attached hydrogen (secondary N) is 1. The van der Waals surface area contributed by atoms with Crippen molar-refractivity contribution in [3.05, 3.63) is 51.2 Å². The number of benzene rings is 1. The van der Waals surface area contributed by atoms with Gasteiger partial charge in [0, 0.05) is 27.9 Å². The Kier molecular flexibility index (Phi) is 5.70. The molecule has 1 heterocycles. The summed E-state index contributed by atoms with van der Waals surface area (Å²) in [7, 11) is 0. The van der Waals surface area contributed by atoms with Crippen LogP contribution in [0.15, 0.2) is 24.3 Å². The maximum Gasteiger partial charge on any atom is 0.162 e. The van der Waals surface area contributed by atoms with Crippen LogP contribution in [0.25, 0.3) is 0 Å². The first-order valence-electron chi connectivity index (χ1n) is 6.97. The zero-order valence-corrected chi connectivity index (χ0v) is 13.0. The van der Waals surface area contributed by atoms with Crippen LogP contribution in [0.3, 0.4) is 0 Å². The molecule has 0 aliphatic heterocycles. The van der Waals surface area contributed by atoms with Crippen LogP contribution in [0.2, 0.25) is 0 Å². The monoisotopic (exact) mass is 311 g/mol. The zero-order valence-electron chi connectivity index (χ0n) is 12.2. The van der Waals surface area contributed by atoms with Gasteiger partial charge in [-0.05, 0) is 38.1 Å².